The fraction of sp³-hybridized carbons (Fsp3) is 0.476. The molecular formula is C21H24N4O5S. The van der Waals surface area contributed by atoms with Gasteiger partial charge in [0.25, 0.3) is 10.0 Å². The van der Waals surface area contributed by atoms with Gasteiger partial charge in [0, 0.05) is 12.7 Å². The summed E-state index contributed by atoms with van der Waals surface area (Å²) in [6, 6.07) is 1.37. The monoisotopic (exact) mass is 444 g/mol. The number of esters is 1. The van der Waals surface area contributed by atoms with E-state index in [9.17, 15) is 18.0 Å². The van der Waals surface area contributed by atoms with Gasteiger partial charge in [0.05, 0.1) is 5.69 Å². The van der Waals surface area contributed by atoms with E-state index in [1.165, 1.54) is 22.9 Å². The Bertz CT molecular complexity index is 1230. The van der Waals surface area contributed by atoms with E-state index in [1.807, 2.05) is 4.72 Å². The van der Waals surface area contributed by atoms with Gasteiger partial charge in [-0.1, -0.05) is 6.07 Å². The van der Waals surface area contributed by atoms with Crippen LogP contribution in [0.25, 0.3) is 0 Å². The third kappa shape index (κ3) is 3.03. The summed E-state index contributed by atoms with van der Waals surface area (Å²) in [5.74, 6) is -0.771. The van der Waals surface area contributed by atoms with Gasteiger partial charge in [-0.05, 0) is 74.6 Å². The van der Waals surface area contributed by atoms with E-state index in [0.29, 0.717) is 5.69 Å². The number of benzene rings is 1. The zero-order chi connectivity index (χ0) is 22.1. The van der Waals surface area contributed by atoms with E-state index >= 15 is 0 Å². The quantitative estimate of drug-likeness (QED) is 0.701. The second-order valence-corrected chi connectivity index (χ2v) is 10.4. The Labute approximate surface area is 180 Å². The Hall–Kier alpha value is -2.88. The minimum absolute atomic E-state index is 0.130. The zero-order valence-corrected chi connectivity index (χ0v) is 18.5. The van der Waals surface area contributed by atoms with E-state index in [0.717, 1.165) is 55.3 Å². The first-order valence-electron chi connectivity index (χ1n) is 10.4. The largest absolute Gasteiger partial charge is 0.449 e. The molecule has 0 saturated heterocycles. The fourth-order valence-corrected chi connectivity index (χ4v) is 6.24. The predicted molar refractivity (Wildman–Crippen MR) is 111 cm³/mol. The molecule has 0 spiro atoms. The number of nitrogens with one attached hydrogen (secondary N) is 2. The van der Waals surface area contributed by atoms with Crippen LogP contribution in [0.15, 0.2) is 11.1 Å². The number of carbonyl (C=O) groups excluding carboxylic acids is 2. The highest BCUT2D eigenvalue weighted by Gasteiger charge is 2.46. The van der Waals surface area contributed by atoms with Crippen molar-refractivity contribution in [3.8, 4) is 0 Å². The molecule has 3 aliphatic rings. The second-order valence-electron chi connectivity index (χ2n) is 8.85. The van der Waals surface area contributed by atoms with E-state index in [-0.39, 0.29) is 5.56 Å². The van der Waals surface area contributed by atoms with Gasteiger partial charge in [0.1, 0.15) is 11.2 Å². The molecule has 2 N–H and O–H groups in total. The van der Waals surface area contributed by atoms with Crippen LogP contribution in [0.4, 0.5) is 10.5 Å². The molecule has 10 heteroatoms. The van der Waals surface area contributed by atoms with E-state index < -0.39 is 32.7 Å². The molecular weight excluding hydrogens is 420 g/mol. The minimum atomic E-state index is -4.39. The topological polar surface area (TPSA) is 119 Å². The maximum atomic E-state index is 13.0. The Morgan fingerprint density at radius 3 is 2.35 bits per heavy atom. The Morgan fingerprint density at radius 2 is 1.74 bits per heavy atom. The van der Waals surface area contributed by atoms with Gasteiger partial charge >= 0.3 is 12.0 Å². The first-order valence-corrected chi connectivity index (χ1v) is 11.9. The molecule has 0 bridgehead atoms. The number of anilines is 1. The molecule has 2 aromatic rings. The van der Waals surface area contributed by atoms with Gasteiger partial charge in [-0.25, -0.2) is 14.3 Å². The van der Waals surface area contributed by atoms with Crippen molar-refractivity contribution in [2.45, 2.75) is 63.0 Å². The predicted octanol–water partition coefficient (Wildman–Crippen LogP) is 2.31. The number of rotatable bonds is 3. The van der Waals surface area contributed by atoms with Crippen molar-refractivity contribution in [3.63, 3.8) is 0 Å². The summed E-state index contributed by atoms with van der Waals surface area (Å²) in [6.07, 6.45) is 5.69. The average Bonchev–Trinajstić information content (AvgIpc) is 3.40. The lowest BCUT2D eigenvalue weighted by Crippen LogP contribution is -2.36. The number of urea groups is 1. The molecule has 0 unspecified atom stereocenters. The van der Waals surface area contributed by atoms with Gasteiger partial charge in [0.2, 0.25) is 5.03 Å². The molecule has 31 heavy (non-hydrogen) atoms. The summed E-state index contributed by atoms with van der Waals surface area (Å²) in [5, 5.41) is 6.30. The molecule has 1 aromatic heterocycles. The number of cyclic esters (lactones) is 1. The normalized spacial score (nSPS) is 18.4. The lowest BCUT2D eigenvalue weighted by atomic mass is 9.99. The fourth-order valence-electron chi connectivity index (χ4n) is 5.17. The Morgan fingerprint density at radius 1 is 1.13 bits per heavy atom. The molecule has 0 saturated carbocycles. The number of fused-ring (bicyclic) bond motifs is 3. The minimum Gasteiger partial charge on any atom is -0.449 e. The van der Waals surface area contributed by atoms with Crippen molar-refractivity contribution in [3.05, 3.63) is 39.6 Å². The number of aromatic nitrogens is 2. The van der Waals surface area contributed by atoms with E-state index in [1.54, 1.807) is 13.8 Å². The van der Waals surface area contributed by atoms with Crippen LogP contribution in [0, 0.1) is 0 Å². The van der Waals surface area contributed by atoms with Gasteiger partial charge in [-0.3, -0.25) is 4.68 Å². The van der Waals surface area contributed by atoms with E-state index in [4.69, 9.17) is 4.74 Å². The molecule has 2 heterocycles. The first kappa shape index (κ1) is 20.0. The van der Waals surface area contributed by atoms with Crippen molar-refractivity contribution in [2.24, 2.45) is 7.05 Å². The Balaban J connectivity index is 1.46. The summed E-state index contributed by atoms with van der Waals surface area (Å²) >= 11 is 0. The van der Waals surface area contributed by atoms with E-state index in [2.05, 4.69) is 16.5 Å². The van der Waals surface area contributed by atoms with Gasteiger partial charge < -0.3 is 10.1 Å². The lowest BCUT2D eigenvalue weighted by molar-refractivity contribution is 0.00616. The van der Waals surface area contributed by atoms with Crippen molar-refractivity contribution < 1.29 is 22.7 Å². The number of carbonyl (C=O) groups is 2. The summed E-state index contributed by atoms with van der Waals surface area (Å²) in [7, 11) is -2.85. The van der Waals surface area contributed by atoms with Crippen molar-refractivity contribution in [2.75, 3.05) is 5.32 Å². The molecule has 5 rings (SSSR count). The van der Waals surface area contributed by atoms with Gasteiger partial charge in [0.15, 0.2) is 0 Å². The van der Waals surface area contributed by atoms with Crippen LogP contribution in [0.2, 0.25) is 0 Å². The van der Waals surface area contributed by atoms with Crippen LogP contribution in [0.5, 0.6) is 0 Å². The SMILES string of the molecule is Cn1nc(S(=O)(=O)NC(=O)Nc2c3c(cc4c2CCC4)CCC3)c2c1C(C)(C)OC2=O. The summed E-state index contributed by atoms with van der Waals surface area (Å²) in [4.78, 5) is 25.1. The third-order valence-corrected chi connectivity index (χ3v) is 7.58. The number of ether oxygens (including phenoxy) is 1. The summed E-state index contributed by atoms with van der Waals surface area (Å²) < 4.78 is 34.6. The highest BCUT2D eigenvalue weighted by atomic mass is 32.2. The third-order valence-electron chi connectivity index (χ3n) is 6.33. The number of hydrogen-bond acceptors (Lipinski definition) is 6. The standard InChI is InChI=1S/C21H24N4O5S/c1-21(2)17-15(19(26)30-21)18(23-25(17)3)31(28,29)24-20(27)22-16-13-8-4-6-11(13)10-12-7-5-9-14(12)16/h10H,4-9H2,1-3H3,(H2,22,24,27). The number of nitrogens with zero attached hydrogens (tertiary/aromatic N) is 2. The van der Waals surface area contributed by atoms with Gasteiger partial charge in [-0.2, -0.15) is 13.5 Å². The molecule has 0 fully saturated rings. The van der Waals surface area contributed by atoms with Crippen LogP contribution in [-0.4, -0.2) is 30.2 Å². The molecule has 9 nitrogen and oxygen atoms in total. The van der Waals surface area contributed by atoms with Crippen molar-refractivity contribution >= 4 is 27.7 Å². The number of hydrogen-bond donors (Lipinski definition) is 2. The molecule has 2 aliphatic carbocycles. The average molecular weight is 445 g/mol. The van der Waals surface area contributed by atoms with Crippen molar-refractivity contribution in [1.29, 1.82) is 0 Å². The molecule has 0 atom stereocenters. The molecule has 2 amide bonds. The molecule has 164 valence electrons. The Kier molecular flexibility index (Phi) is 4.24. The van der Waals surface area contributed by atoms with Crippen LogP contribution < -0.4 is 10.0 Å². The van der Waals surface area contributed by atoms with Gasteiger partial charge in [-0.15, -0.1) is 0 Å². The van der Waals surface area contributed by atoms with Crippen LogP contribution in [0.1, 0.15) is 65.0 Å². The number of aryl methyl sites for hydroxylation is 3. The van der Waals surface area contributed by atoms with Crippen LogP contribution in [-0.2, 0) is 53.1 Å². The first-order chi connectivity index (χ1) is 14.6. The smallest absolute Gasteiger partial charge is 0.344 e. The van der Waals surface area contributed by atoms with Crippen LogP contribution in [0.3, 0.4) is 0 Å². The summed E-state index contributed by atoms with van der Waals surface area (Å²) in [5.41, 5.74) is 4.61. The molecule has 1 aliphatic heterocycles. The number of sulfonamides is 1. The maximum Gasteiger partial charge on any atom is 0.344 e. The molecule has 0 radical (unpaired) electrons. The highest BCUT2D eigenvalue weighted by molar-refractivity contribution is 7.90. The second kappa shape index (κ2) is 6.56. The summed E-state index contributed by atoms with van der Waals surface area (Å²) in [6.45, 7) is 3.32. The van der Waals surface area contributed by atoms with Crippen LogP contribution >= 0.6 is 0 Å². The lowest BCUT2D eigenvalue weighted by Gasteiger charge is -2.17. The maximum absolute atomic E-state index is 13.0. The van der Waals surface area contributed by atoms with Crippen molar-refractivity contribution in [1.82, 2.24) is 14.5 Å². The highest BCUT2D eigenvalue weighted by Crippen LogP contribution is 2.40. The zero-order valence-electron chi connectivity index (χ0n) is 17.7. The molecule has 1 aromatic carbocycles. The number of amides is 2.